The molecule has 4 heteroatoms. The van der Waals surface area contributed by atoms with Gasteiger partial charge in [0.1, 0.15) is 0 Å². The summed E-state index contributed by atoms with van der Waals surface area (Å²) >= 11 is 3.18. The average molecular weight is 275 g/mol. The highest BCUT2D eigenvalue weighted by atomic mass is 79.9. The zero-order valence-electron chi connectivity index (χ0n) is 8.30. The van der Waals surface area contributed by atoms with Gasteiger partial charge in [0.2, 0.25) is 0 Å². The van der Waals surface area contributed by atoms with Crippen molar-refractivity contribution in [2.75, 3.05) is 0 Å². The van der Waals surface area contributed by atoms with Crippen molar-refractivity contribution in [3.63, 3.8) is 0 Å². The number of phenols is 1. The maximum Gasteiger partial charge on any atom is 0.166 e. The normalized spacial score (nSPS) is 20.0. The second-order valence-corrected chi connectivity index (χ2v) is 5.03. The zero-order valence-corrected chi connectivity index (χ0v) is 9.88. The van der Waals surface area contributed by atoms with Crippen LogP contribution in [0, 0.1) is 5.82 Å². The van der Waals surface area contributed by atoms with Gasteiger partial charge in [-0.15, -0.1) is 0 Å². The fourth-order valence-corrected chi connectivity index (χ4v) is 2.42. The molecule has 15 heavy (non-hydrogen) atoms. The van der Waals surface area contributed by atoms with E-state index in [1.807, 2.05) is 0 Å². The number of aromatic hydroxyl groups is 1. The predicted molar refractivity (Wildman–Crippen MR) is 58.4 cm³/mol. The van der Waals surface area contributed by atoms with Gasteiger partial charge < -0.3 is 10.2 Å². The summed E-state index contributed by atoms with van der Waals surface area (Å²) in [7, 11) is 0. The Labute approximate surface area is 95.9 Å². The van der Waals surface area contributed by atoms with E-state index in [0.29, 0.717) is 10.0 Å². The van der Waals surface area contributed by atoms with Crippen molar-refractivity contribution in [3.05, 3.63) is 28.0 Å². The number of hydrogen-bond acceptors (Lipinski definition) is 2. The topological polar surface area (TPSA) is 40.5 Å². The Bertz CT molecular complexity index is 400. The SMILES string of the molecule is CC(O)C1(c2cc(Br)cc(F)c2O)CC1. The Morgan fingerprint density at radius 2 is 2.07 bits per heavy atom. The molecular formula is C11H12BrFO2. The van der Waals surface area contributed by atoms with Crippen LogP contribution < -0.4 is 0 Å². The van der Waals surface area contributed by atoms with Crippen molar-refractivity contribution in [2.45, 2.75) is 31.3 Å². The number of aliphatic hydroxyl groups excluding tert-OH is 1. The van der Waals surface area contributed by atoms with Crippen molar-refractivity contribution in [3.8, 4) is 5.75 Å². The maximum atomic E-state index is 13.3. The van der Waals surface area contributed by atoms with Crippen LogP contribution in [0.4, 0.5) is 4.39 Å². The smallest absolute Gasteiger partial charge is 0.166 e. The minimum Gasteiger partial charge on any atom is -0.505 e. The molecule has 2 rings (SSSR count). The molecule has 0 amide bonds. The van der Waals surface area contributed by atoms with Gasteiger partial charge in [-0.25, -0.2) is 4.39 Å². The molecule has 1 aromatic carbocycles. The molecule has 1 aliphatic rings. The minimum absolute atomic E-state index is 0.336. The van der Waals surface area contributed by atoms with Crippen molar-refractivity contribution in [2.24, 2.45) is 0 Å². The molecule has 0 radical (unpaired) electrons. The molecule has 1 atom stereocenters. The van der Waals surface area contributed by atoms with Crippen LogP contribution in [0.2, 0.25) is 0 Å². The highest BCUT2D eigenvalue weighted by Crippen LogP contribution is 2.54. The minimum atomic E-state index is -0.647. The van der Waals surface area contributed by atoms with Crippen LogP contribution in [-0.4, -0.2) is 16.3 Å². The summed E-state index contributed by atoms with van der Waals surface area (Å²) in [4.78, 5) is 0. The summed E-state index contributed by atoms with van der Waals surface area (Å²) in [5, 5.41) is 19.3. The first kappa shape index (κ1) is 10.9. The predicted octanol–water partition coefficient (Wildman–Crippen LogP) is 2.71. The van der Waals surface area contributed by atoms with Crippen LogP contribution in [-0.2, 0) is 5.41 Å². The Morgan fingerprint density at radius 1 is 1.47 bits per heavy atom. The molecule has 1 fully saturated rings. The molecule has 0 bridgehead atoms. The fourth-order valence-electron chi connectivity index (χ4n) is 1.99. The maximum absolute atomic E-state index is 13.3. The number of benzene rings is 1. The third-order valence-corrected chi connectivity index (χ3v) is 3.61. The van der Waals surface area contributed by atoms with Crippen LogP contribution in [0.5, 0.6) is 5.75 Å². The van der Waals surface area contributed by atoms with E-state index in [4.69, 9.17) is 0 Å². The number of halogens is 2. The van der Waals surface area contributed by atoms with Crippen LogP contribution in [0.1, 0.15) is 25.3 Å². The van der Waals surface area contributed by atoms with Crippen molar-refractivity contribution in [1.82, 2.24) is 0 Å². The first-order valence-corrected chi connectivity index (χ1v) is 5.63. The molecule has 1 saturated carbocycles. The van der Waals surface area contributed by atoms with Gasteiger partial charge in [0.25, 0.3) is 0 Å². The second-order valence-electron chi connectivity index (χ2n) is 4.12. The van der Waals surface area contributed by atoms with Crippen LogP contribution in [0.3, 0.4) is 0 Å². The molecule has 0 saturated heterocycles. The monoisotopic (exact) mass is 274 g/mol. The van der Waals surface area contributed by atoms with E-state index < -0.39 is 17.3 Å². The van der Waals surface area contributed by atoms with E-state index in [2.05, 4.69) is 15.9 Å². The number of hydrogen-bond donors (Lipinski definition) is 2. The van der Waals surface area contributed by atoms with Gasteiger partial charge >= 0.3 is 0 Å². The van der Waals surface area contributed by atoms with Gasteiger partial charge in [-0.1, -0.05) is 15.9 Å². The van der Waals surface area contributed by atoms with Crippen LogP contribution >= 0.6 is 15.9 Å². The van der Waals surface area contributed by atoms with Gasteiger partial charge in [-0.2, -0.15) is 0 Å². The van der Waals surface area contributed by atoms with Gasteiger partial charge in [0, 0.05) is 15.5 Å². The molecule has 2 nitrogen and oxygen atoms in total. The standard InChI is InChI=1S/C11H12BrFO2/c1-6(14)11(2-3-11)8-4-7(12)5-9(13)10(8)15/h4-6,14-15H,2-3H2,1H3. The summed E-state index contributed by atoms with van der Waals surface area (Å²) in [5.74, 6) is -0.983. The van der Waals surface area contributed by atoms with E-state index in [9.17, 15) is 14.6 Å². The lowest BCUT2D eigenvalue weighted by Gasteiger charge is -2.20. The summed E-state index contributed by atoms with van der Waals surface area (Å²) < 4.78 is 13.9. The summed E-state index contributed by atoms with van der Waals surface area (Å²) in [6, 6.07) is 2.90. The van der Waals surface area contributed by atoms with Gasteiger partial charge in [0.05, 0.1) is 6.10 Å². The zero-order chi connectivity index (χ0) is 11.2. The Balaban J connectivity index is 2.53. The van der Waals surface area contributed by atoms with Crippen molar-refractivity contribution >= 4 is 15.9 Å². The molecule has 2 N–H and O–H groups in total. The number of rotatable bonds is 2. The van der Waals surface area contributed by atoms with Crippen LogP contribution in [0.15, 0.2) is 16.6 Å². The first-order chi connectivity index (χ1) is 6.97. The Kier molecular flexibility index (Phi) is 2.51. The molecule has 0 spiro atoms. The quantitative estimate of drug-likeness (QED) is 0.871. The van der Waals surface area contributed by atoms with Crippen LogP contribution in [0.25, 0.3) is 0 Å². The summed E-state index contributed by atoms with van der Waals surface area (Å²) in [5.41, 5.74) is 0.0544. The molecule has 0 aliphatic heterocycles. The number of phenolic OH excluding ortho intramolecular Hbond substituents is 1. The molecule has 0 heterocycles. The van der Waals surface area contributed by atoms with E-state index in [1.54, 1.807) is 13.0 Å². The van der Waals surface area contributed by atoms with Crippen molar-refractivity contribution in [1.29, 1.82) is 0 Å². The molecule has 1 unspecified atom stereocenters. The molecule has 0 aromatic heterocycles. The molecular weight excluding hydrogens is 263 g/mol. The Hall–Kier alpha value is -0.610. The highest BCUT2D eigenvalue weighted by molar-refractivity contribution is 9.10. The second kappa shape index (κ2) is 3.46. The number of aliphatic hydroxyl groups is 1. The average Bonchev–Trinajstić information content (AvgIpc) is 2.91. The highest BCUT2D eigenvalue weighted by Gasteiger charge is 2.50. The third-order valence-electron chi connectivity index (χ3n) is 3.15. The first-order valence-electron chi connectivity index (χ1n) is 4.84. The summed E-state index contributed by atoms with van der Waals surface area (Å²) in [6.45, 7) is 1.67. The summed E-state index contributed by atoms with van der Waals surface area (Å²) in [6.07, 6.45) is 1.000. The van der Waals surface area contributed by atoms with E-state index in [0.717, 1.165) is 12.8 Å². The van der Waals surface area contributed by atoms with E-state index in [-0.39, 0.29) is 5.75 Å². The van der Waals surface area contributed by atoms with E-state index >= 15 is 0 Å². The van der Waals surface area contributed by atoms with Gasteiger partial charge in [-0.3, -0.25) is 0 Å². The van der Waals surface area contributed by atoms with Crippen molar-refractivity contribution < 1.29 is 14.6 Å². The largest absolute Gasteiger partial charge is 0.505 e. The molecule has 1 aliphatic carbocycles. The third kappa shape index (κ3) is 1.66. The lowest BCUT2D eigenvalue weighted by atomic mass is 9.90. The molecule has 1 aromatic rings. The van der Waals surface area contributed by atoms with E-state index in [1.165, 1.54) is 6.07 Å². The lowest BCUT2D eigenvalue weighted by Crippen LogP contribution is -2.22. The van der Waals surface area contributed by atoms with Gasteiger partial charge in [0.15, 0.2) is 11.6 Å². The molecule has 82 valence electrons. The Morgan fingerprint density at radius 3 is 2.53 bits per heavy atom. The lowest BCUT2D eigenvalue weighted by molar-refractivity contribution is 0.148. The van der Waals surface area contributed by atoms with Gasteiger partial charge in [-0.05, 0) is 31.9 Å². The fraction of sp³-hybridized carbons (Fsp3) is 0.455.